The van der Waals surface area contributed by atoms with Crippen LogP contribution in [0.2, 0.25) is 0 Å². The SMILES string of the molecule is CC(=O)c1c(O)c(C)c(O)c2c1OC1=CC(=O)C(=C(C)Nc3cccc(O)c3)C(=O)C12C. The van der Waals surface area contributed by atoms with Crippen LogP contribution in [0, 0.1) is 6.92 Å². The van der Waals surface area contributed by atoms with E-state index in [2.05, 4.69) is 5.32 Å². The highest BCUT2D eigenvalue weighted by Gasteiger charge is 2.56. The van der Waals surface area contributed by atoms with E-state index in [0.29, 0.717) is 5.69 Å². The lowest BCUT2D eigenvalue weighted by Gasteiger charge is -2.29. The van der Waals surface area contributed by atoms with Gasteiger partial charge in [0, 0.05) is 29.1 Å². The zero-order valence-electron chi connectivity index (χ0n) is 17.9. The van der Waals surface area contributed by atoms with Crippen LogP contribution in [0.15, 0.2) is 47.4 Å². The Morgan fingerprint density at radius 1 is 1.09 bits per heavy atom. The number of benzene rings is 2. The Bertz CT molecular complexity index is 1300. The number of anilines is 1. The minimum Gasteiger partial charge on any atom is -0.508 e. The van der Waals surface area contributed by atoms with Crippen molar-refractivity contribution in [2.75, 3.05) is 5.32 Å². The molecule has 0 fully saturated rings. The average molecular weight is 435 g/mol. The number of carbonyl (C=O) groups is 3. The molecule has 164 valence electrons. The molecule has 0 aromatic heterocycles. The minimum absolute atomic E-state index is 0.0123. The van der Waals surface area contributed by atoms with Crippen molar-refractivity contribution in [2.24, 2.45) is 0 Å². The number of aromatic hydroxyl groups is 3. The van der Waals surface area contributed by atoms with Crippen LogP contribution in [0.1, 0.15) is 42.3 Å². The summed E-state index contributed by atoms with van der Waals surface area (Å²) < 4.78 is 5.73. The Balaban J connectivity index is 1.92. The first-order valence-corrected chi connectivity index (χ1v) is 9.84. The fourth-order valence-corrected chi connectivity index (χ4v) is 4.23. The van der Waals surface area contributed by atoms with Gasteiger partial charge in [0.2, 0.25) is 0 Å². The maximum Gasteiger partial charge on any atom is 0.194 e. The highest BCUT2D eigenvalue weighted by Crippen LogP contribution is 2.57. The number of rotatable bonds is 3. The van der Waals surface area contributed by atoms with Gasteiger partial charge in [0.05, 0.1) is 11.1 Å². The summed E-state index contributed by atoms with van der Waals surface area (Å²) in [5, 5.41) is 33.8. The highest BCUT2D eigenvalue weighted by atomic mass is 16.5. The van der Waals surface area contributed by atoms with E-state index >= 15 is 0 Å². The largest absolute Gasteiger partial charge is 0.508 e. The fraction of sp³-hybridized carbons (Fsp3) is 0.208. The predicted molar refractivity (Wildman–Crippen MR) is 115 cm³/mol. The summed E-state index contributed by atoms with van der Waals surface area (Å²) in [4.78, 5) is 38.8. The van der Waals surface area contributed by atoms with Gasteiger partial charge >= 0.3 is 0 Å². The maximum atomic E-state index is 13.7. The van der Waals surface area contributed by atoms with Crippen LogP contribution in [0.4, 0.5) is 5.69 Å². The zero-order chi connectivity index (χ0) is 23.5. The number of hydrogen-bond acceptors (Lipinski definition) is 8. The van der Waals surface area contributed by atoms with Crippen molar-refractivity contribution in [1.29, 1.82) is 0 Å². The molecule has 1 atom stereocenters. The first-order chi connectivity index (χ1) is 15.0. The van der Waals surface area contributed by atoms with Crippen LogP contribution in [0.5, 0.6) is 23.0 Å². The molecule has 1 heterocycles. The predicted octanol–water partition coefficient (Wildman–Crippen LogP) is 3.39. The molecule has 0 saturated heterocycles. The van der Waals surface area contributed by atoms with Gasteiger partial charge in [0.25, 0.3) is 0 Å². The summed E-state index contributed by atoms with van der Waals surface area (Å²) in [6, 6.07) is 6.20. The molecule has 1 aliphatic carbocycles. The van der Waals surface area contributed by atoms with Gasteiger partial charge in [-0.05, 0) is 39.8 Å². The van der Waals surface area contributed by atoms with Crippen LogP contribution in [0.25, 0.3) is 0 Å². The Kier molecular flexibility index (Phi) is 4.62. The lowest BCUT2D eigenvalue weighted by atomic mass is 9.70. The molecule has 0 radical (unpaired) electrons. The molecule has 1 unspecified atom stereocenters. The fourth-order valence-electron chi connectivity index (χ4n) is 4.23. The number of phenols is 3. The summed E-state index contributed by atoms with van der Waals surface area (Å²) in [6.45, 7) is 5.71. The first kappa shape index (κ1) is 21.2. The Hall–Kier alpha value is -4.07. The highest BCUT2D eigenvalue weighted by molar-refractivity contribution is 6.31. The molecule has 4 rings (SSSR count). The monoisotopic (exact) mass is 435 g/mol. The molecule has 8 heteroatoms. The van der Waals surface area contributed by atoms with E-state index in [1.54, 1.807) is 19.1 Å². The molecule has 32 heavy (non-hydrogen) atoms. The van der Waals surface area contributed by atoms with Crippen molar-refractivity contribution >= 4 is 23.0 Å². The summed E-state index contributed by atoms with van der Waals surface area (Å²) >= 11 is 0. The van der Waals surface area contributed by atoms with Gasteiger partial charge in [-0.1, -0.05) is 6.07 Å². The van der Waals surface area contributed by atoms with Crippen LogP contribution in [-0.4, -0.2) is 32.7 Å². The third kappa shape index (κ3) is 2.80. The molecule has 0 spiro atoms. The van der Waals surface area contributed by atoms with Gasteiger partial charge < -0.3 is 25.4 Å². The number of ether oxygens (including phenoxy) is 1. The van der Waals surface area contributed by atoms with Crippen molar-refractivity contribution in [3.63, 3.8) is 0 Å². The summed E-state index contributed by atoms with van der Waals surface area (Å²) in [6.07, 6.45) is 1.15. The number of ketones is 3. The first-order valence-electron chi connectivity index (χ1n) is 9.84. The van der Waals surface area contributed by atoms with Gasteiger partial charge in [0.1, 0.15) is 39.7 Å². The van der Waals surface area contributed by atoms with E-state index in [-0.39, 0.29) is 51.0 Å². The van der Waals surface area contributed by atoms with Crippen LogP contribution in [-0.2, 0) is 15.0 Å². The van der Waals surface area contributed by atoms with Gasteiger partial charge in [-0.2, -0.15) is 0 Å². The quantitative estimate of drug-likeness (QED) is 0.328. The van der Waals surface area contributed by atoms with Gasteiger partial charge in [0.15, 0.2) is 17.3 Å². The van der Waals surface area contributed by atoms with Gasteiger partial charge in [-0.15, -0.1) is 0 Å². The van der Waals surface area contributed by atoms with Crippen molar-refractivity contribution < 1.29 is 34.4 Å². The van der Waals surface area contributed by atoms with Crippen molar-refractivity contribution in [1.82, 2.24) is 0 Å². The molecule has 0 bridgehead atoms. The summed E-state index contributed by atoms with van der Waals surface area (Å²) in [7, 11) is 0. The van der Waals surface area contributed by atoms with E-state index in [1.807, 2.05) is 0 Å². The summed E-state index contributed by atoms with van der Waals surface area (Å²) in [5.41, 5.74) is -1.10. The molecule has 2 aliphatic rings. The van der Waals surface area contributed by atoms with Crippen LogP contribution >= 0.6 is 0 Å². The third-order valence-electron chi connectivity index (χ3n) is 5.94. The summed E-state index contributed by atoms with van der Waals surface area (Å²) in [5.74, 6) is -2.71. The minimum atomic E-state index is -1.58. The van der Waals surface area contributed by atoms with Crippen LogP contribution in [0.3, 0.4) is 0 Å². The molecule has 8 nitrogen and oxygen atoms in total. The number of hydrogen-bond donors (Lipinski definition) is 4. The van der Waals surface area contributed by atoms with Crippen molar-refractivity contribution in [2.45, 2.75) is 33.1 Å². The number of fused-ring (bicyclic) bond motifs is 3. The Morgan fingerprint density at radius 2 is 1.78 bits per heavy atom. The number of Topliss-reactive ketones (excluding diaryl/α,β-unsaturated/α-hetero) is 2. The number of carbonyl (C=O) groups excluding carboxylic acids is 3. The smallest absolute Gasteiger partial charge is 0.194 e. The lowest BCUT2D eigenvalue weighted by Crippen LogP contribution is -2.40. The second kappa shape index (κ2) is 6.98. The topological polar surface area (TPSA) is 133 Å². The normalized spacial score (nSPS) is 20.8. The second-order valence-electron chi connectivity index (χ2n) is 8.06. The van der Waals surface area contributed by atoms with E-state index in [9.17, 15) is 29.7 Å². The van der Waals surface area contributed by atoms with Gasteiger partial charge in [-0.25, -0.2) is 0 Å². The number of nitrogens with one attached hydrogen (secondary N) is 1. The van der Waals surface area contributed by atoms with E-state index in [4.69, 9.17) is 4.74 Å². The molecular formula is C24H21NO7. The molecular weight excluding hydrogens is 414 g/mol. The average Bonchev–Trinajstić information content (AvgIpc) is 2.99. The molecule has 1 aliphatic heterocycles. The standard InChI is InChI=1S/C24H21NO7/c1-10-20(29)18(12(3)26)22-19(21(10)30)24(4)16(32-22)9-15(28)17(23(24)31)11(2)25-13-6-5-7-14(27)8-13/h5-9,25,27,29-30H,1-4H3. The molecule has 4 N–H and O–H groups in total. The maximum absolute atomic E-state index is 13.7. The zero-order valence-corrected chi connectivity index (χ0v) is 17.9. The Morgan fingerprint density at radius 3 is 2.41 bits per heavy atom. The molecule has 0 amide bonds. The van der Waals surface area contributed by atoms with Crippen molar-refractivity contribution in [3.8, 4) is 23.0 Å². The van der Waals surface area contributed by atoms with E-state index < -0.39 is 28.5 Å². The number of phenolic OH excluding ortho intramolecular Hbond substituents is 3. The molecule has 2 aromatic carbocycles. The lowest BCUT2D eigenvalue weighted by molar-refractivity contribution is -0.123. The van der Waals surface area contributed by atoms with E-state index in [1.165, 1.54) is 32.9 Å². The number of allylic oxidation sites excluding steroid dienone is 4. The molecule has 2 aromatic rings. The Labute approximate surface area is 183 Å². The van der Waals surface area contributed by atoms with Crippen LogP contribution < -0.4 is 10.1 Å². The van der Waals surface area contributed by atoms with E-state index in [0.717, 1.165) is 6.08 Å². The molecule has 0 saturated carbocycles. The second-order valence-corrected chi connectivity index (χ2v) is 8.06. The van der Waals surface area contributed by atoms with Gasteiger partial charge in [-0.3, -0.25) is 14.4 Å². The third-order valence-corrected chi connectivity index (χ3v) is 5.94. The van der Waals surface area contributed by atoms with Crippen molar-refractivity contribution in [3.05, 3.63) is 64.1 Å².